The Balaban J connectivity index is 1.71. The Labute approximate surface area is 157 Å². The molecule has 3 rings (SSSR count). The van der Waals surface area contributed by atoms with Crippen LogP contribution in [0.1, 0.15) is 16.8 Å². The molecule has 0 spiro atoms. The second kappa shape index (κ2) is 7.99. The van der Waals surface area contributed by atoms with Crippen LogP contribution in [0.15, 0.2) is 42.5 Å². The number of ether oxygens (including phenoxy) is 3. The Kier molecular flexibility index (Phi) is 5.49. The number of carbonyl (C=O) groups excluding carboxylic acids is 2. The third-order valence-corrected chi connectivity index (χ3v) is 4.47. The summed E-state index contributed by atoms with van der Waals surface area (Å²) in [6.07, 6.45) is 0.240. The molecule has 7 heteroatoms. The van der Waals surface area contributed by atoms with E-state index >= 15 is 0 Å². The van der Waals surface area contributed by atoms with Crippen LogP contribution in [0.3, 0.4) is 0 Å². The van der Waals surface area contributed by atoms with Crippen molar-refractivity contribution in [1.29, 1.82) is 0 Å². The van der Waals surface area contributed by atoms with Crippen molar-refractivity contribution in [2.75, 3.05) is 32.8 Å². The van der Waals surface area contributed by atoms with Crippen LogP contribution in [0.5, 0.6) is 17.2 Å². The molecule has 1 saturated heterocycles. The molecule has 0 aromatic heterocycles. The molecule has 2 amide bonds. The molecule has 1 aliphatic heterocycles. The number of hydrogen-bond acceptors (Lipinski definition) is 5. The highest BCUT2D eigenvalue weighted by Gasteiger charge is 2.32. The van der Waals surface area contributed by atoms with Crippen molar-refractivity contribution in [3.8, 4) is 17.2 Å². The van der Waals surface area contributed by atoms with Crippen molar-refractivity contribution in [2.24, 2.45) is 0 Å². The molecule has 1 fully saturated rings. The highest BCUT2D eigenvalue weighted by Crippen LogP contribution is 2.33. The Morgan fingerprint density at radius 2 is 1.81 bits per heavy atom. The molecule has 7 nitrogen and oxygen atoms in total. The van der Waals surface area contributed by atoms with Crippen molar-refractivity contribution in [3.05, 3.63) is 48.0 Å². The molecule has 2 aromatic carbocycles. The average molecular weight is 370 g/mol. The lowest BCUT2D eigenvalue weighted by Crippen LogP contribution is -2.37. The molecule has 1 heterocycles. The highest BCUT2D eigenvalue weighted by molar-refractivity contribution is 5.99. The van der Waals surface area contributed by atoms with Crippen LogP contribution in [-0.2, 0) is 4.79 Å². The normalized spacial score (nSPS) is 16.2. The van der Waals surface area contributed by atoms with Gasteiger partial charge in [0.1, 0.15) is 5.75 Å². The maximum absolute atomic E-state index is 12.5. The minimum absolute atomic E-state index is 0.0573. The van der Waals surface area contributed by atoms with Crippen LogP contribution in [-0.4, -0.2) is 45.7 Å². The zero-order chi connectivity index (χ0) is 19.4. The first-order valence-corrected chi connectivity index (χ1v) is 8.53. The molecule has 142 valence electrons. The first-order chi connectivity index (χ1) is 13.0. The number of rotatable bonds is 6. The molecule has 1 atom stereocenters. The molecule has 2 aromatic rings. The fraction of sp³-hybridized carbons (Fsp3) is 0.300. The molecule has 1 aliphatic rings. The van der Waals surface area contributed by atoms with Crippen molar-refractivity contribution >= 4 is 17.5 Å². The van der Waals surface area contributed by atoms with Gasteiger partial charge in [0.2, 0.25) is 5.91 Å². The molecule has 0 bridgehead atoms. The van der Waals surface area contributed by atoms with Crippen LogP contribution in [0.2, 0.25) is 0 Å². The van der Waals surface area contributed by atoms with E-state index in [9.17, 15) is 9.59 Å². The lowest BCUT2D eigenvalue weighted by Gasteiger charge is -2.19. The standard InChI is InChI=1S/C20H22N2O5/c1-25-16-6-4-5-13(9-16)20(24)21-14-10-19(23)22(12-14)15-7-8-17(26-2)18(11-15)27-3/h4-9,11,14H,10,12H2,1-3H3,(H,21,24)/t14-/m0/s1. The fourth-order valence-corrected chi connectivity index (χ4v) is 3.08. The van der Waals surface area contributed by atoms with E-state index in [4.69, 9.17) is 14.2 Å². The predicted molar refractivity (Wildman–Crippen MR) is 101 cm³/mol. The summed E-state index contributed by atoms with van der Waals surface area (Å²) in [7, 11) is 4.65. The van der Waals surface area contributed by atoms with E-state index in [0.29, 0.717) is 35.0 Å². The van der Waals surface area contributed by atoms with Gasteiger partial charge in [0.05, 0.1) is 27.4 Å². The number of benzene rings is 2. The second-order valence-corrected chi connectivity index (χ2v) is 6.15. The highest BCUT2D eigenvalue weighted by atomic mass is 16.5. The summed E-state index contributed by atoms with van der Waals surface area (Å²) in [6.45, 7) is 0.393. The summed E-state index contributed by atoms with van der Waals surface area (Å²) >= 11 is 0. The Hall–Kier alpha value is -3.22. The van der Waals surface area contributed by atoms with Gasteiger partial charge in [-0.25, -0.2) is 0 Å². The fourth-order valence-electron chi connectivity index (χ4n) is 3.08. The van der Waals surface area contributed by atoms with Crippen LogP contribution < -0.4 is 24.4 Å². The number of nitrogens with one attached hydrogen (secondary N) is 1. The first-order valence-electron chi connectivity index (χ1n) is 8.53. The maximum atomic E-state index is 12.5. The molecule has 0 radical (unpaired) electrons. The van der Waals surface area contributed by atoms with Gasteiger partial charge in [-0.3, -0.25) is 9.59 Å². The van der Waals surface area contributed by atoms with Gasteiger partial charge in [-0.1, -0.05) is 6.07 Å². The number of anilines is 1. The van der Waals surface area contributed by atoms with Crippen molar-refractivity contribution in [2.45, 2.75) is 12.5 Å². The molecule has 27 heavy (non-hydrogen) atoms. The van der Waals surface area contributed by atoms with Crippen LogP contribution in [0.25, 0.3) is 0 Å². The summed E-state index contributed by atoms with van der Waals surface area (Å²) in [5, 5.41) is 2.91. The quantitative estimate of drug-likeness (QED) is 0.844. The largest absolute Gasteiger partial charge is 0.497 e. The summed E-state index contributed by atoms with van der Waals surface area (Å²) in [6, 6.07) is 11.9. The Morgan fingerprint density at radius 3 is 2.52 bits per heavy atom. The first kappa shape index (κ1) is 18.6. The Bertz CT molecular complexity index is 852. The van der Waals surface area contributed by atoms with E-state index in [0.717, 1.165) is 0 Å². The van der Waals surface area contributed by atoms with Crippen molar-refractivity contribution in [3.63, 3.8) is 0 Å². The predicted octanol–water partition coefficient (Wildman–Crippen LogP) is 2.25. The van der Waals surface area contributed by atoms with E-state index in [1.54, 1.807) is 68.7 Å². The van der Waals surface area contributed by atoms with E-state index in [-0.39, 0.29) is 24.3 Å². The van der Waals surface area contributed by atoms with Crippen molar-refractivity contribution in [1.82, 2.24) is 5.32 Å². The molecular weight excluding hydrogens is 348 g/mol. The van der Waals surface area contributed by atoms with Gasteiger partial charge in [0.15, 0.2) is 11.5 Å². The van der Waals surface area contributed by atoms with Crippen molar-refractivity contribution < 1.29 is 23.8 Å². The number of amides is 2. The van der Waals surface area contributed by atoms with Gasteiger partial charge in [-0.15, -0.1) is 0 Å². The summed E-state index contributed by atoms with van der Waals surface area (Å²) in [4.78, 5) is 26.5. The maximum Gasteiger partial charge on any atom is 0.251 e. The van der Waals surface area contributed by atoms with Gasteiger partial charge in [0.25, 0.3) is 5.91 Å². The third kappa shape index (κ3) is 3.97. The minimum Gasteiger partial charge on any atom is -0.497 e. The van der Waals surface area contributed by atoms with E-state index in [1.807, 2.05) is 0 Å². The smallest absolute Gasteiger partial charge is 0.251 e. The van der Waals surface area contributed by atoms with Gasteiger partial charge < -0.3 is 24.4 Å². The third-order valence-electron chi connectivity index (χ3n) is 4.47. The Morgan fingerprint density at radius 1 is 1.04 bits per heavy atom. The topological polar surface area (TPSA) is 77.1 Å². The zero-order valence-electron chi connectivity index (χ0n) is 15.5. The summed E-state index contributed by atoms with van der Waals surface area (Å²) < 4.78 is 15.7. The van der Waals surface area contributed by atoms with Crippen LogP contribution >= 0.6 is 0 Å². The average Bonchev–Trinajstić information content (AvgIpc) is 3.07. The van der Waals surface area contributed by atoms with Crippen LogP contribution in [0, 0.1) is 0 Å². The van der Waals surface area contributed by atoms with Gasteiger partial charge in [0, 0.05) is 30.3 Å². The van der Waals surface area contributed by atoms with E-state index < -0.39 is 0 Å². The lowest BCUT2D eigenvalue weighted by atomic mass is 10.1. The number of methoxy groups -OCH3 is 3. The summed E-state index contributed by atoms with van der Waals surface area (Å²) in [5.74, 6) is 1.46. The number of nitrogens with zero attached hydrogens (tertiary/aromatic N) is 1. The minimum atomic E-state index is -0.274. The lowest BCUT2D eigenvalue weighted by molar-refractivity contribution is -0.117. The second-order valence-electron chi connectivity index (χ2n) is 6.15. The summed E-state index contributed by atoms with van der Waals surface area (Å²) in [5.41, 5.74) is 1.20. The number of carbonyl (C=O) groups is 2. The molecule has 0 saturated carbocycles. The zero-order valence-corrected chi connectivity index (χ0v) is 15.5. The molecular formula is C20H22N2O5. The van der Waals surface area contributed by atoms with E-state index in [1.165, 1.54) is 0 Å². The monoisotopic (exact) mass is 370 g/mol. The van der Waals surface area contributed by atoms with Gasteiger partial charge in [-0.05, 0) is 30.3 Å². The van der Waals surface area contributed by atoms with Crippen LogP contribution in [0.4, 0.5) is 5.69 Å². The molecule has 1 N–H and O–H groups in total. The SMILES string of the molecule is COc1cccc(C(=O)N[C@H]2CC(=O)N(c3ccc(OC)c(OC)c3)C2)c1. The van der Waals surface area contributed by atoms with E-state index in [2.05, 4.69) is 5.32 Å². The molecule has 0 aliphatic carbocycles. The number of hydrogen-bond donors (Lipinski definition) is 1. The molecule has 0 unspecified atom stereocenters. The van der Waals surface area contributed by atoms with Gasteiger partial charge in [-0.2, -0.15) is 0 Å². The van der Waals surface area contributed by atoms with Gasteiger partial charge >= 0.3 is 0 Å².